The number of piperidine rings is 1. The van der Waals surface area contributed by atoms with E-state index in [2.05, 4.69) is 11.8 Å². The van der Waals surface area contributed by atoms with E-state index in [1.807, 2.05) is 29.2 Å². The van der Waals surface area contributed by atoms with Crippen LogP contribution in [0.4, 0.5) is 0 Å². The first-order valence-electron chi connectivity index (χ1n) is 9.63. The molecule has 0 N–H and O–H groups in total. The van der Waals surface area contributed by atoms with Crippen LogP contribution in [0.2, 0.25) is 0 Å². The second-order valence-corrected chi connectivity index (χ2v) is 6.87. The van der Waals surface area contributed by atoms with E-state index in [0.29, 0.717) is 0 Å². The predicted octanol–water partition coefficient (Wildman–Crippen LogP) is 2.18. The van der Waals surface area contributed by atoms with Gasteiger partial charge in [-0.3, -0.25) is 9.69 Å². The average Bonchev–Trinajstić information content (AvgIpc) is 2.70. The normalized spacial score (nSPS) is 20.6. The summed E-state index contributed by atoms with van der Waals surface area (Å²) in [6.07, 6.45) is 2.67. The van der Waals surface area contributed by atoms with Crippen LogP contribution in [0.15, 0.2) is 24.3 Å². The number of hydrogen-bond donors (Lipinski definition) is 0. The van der Waals surface area contributed by atoms with Crippen molar-refractivity contribution in [2.24, 2.45) is 0 Å². The largest absolute Gasteiger partial charge is 0.493 e. The van der Waals surface area contributed by atoms with E-state index in [1.165, 1.54) is 0 Å². The number of carbonyl (C=O) groups excluding carboxylic acids is 1. The molecule has 1 aromatic carbocycles. The highest BCUT2D eigenvalue weighted by molar-refractivity contribution is 5.82. The van der Waals surface area contributed by atoms with Crippen LogP contribution in [-0.2, 0) is 9.53 Å². The Balaban J connectivity index is 1.53. The summed E-state index contributed by atoms with van der Waals surface area (Å²) in [5, 5.41) is 0. The van der Waals surface area contributed by atoms with Gasteiger partial charge in [-0.1, -0.05) is 19.1 Å². The molecule has 6 nitrogen and oxygen atoms in total. The van der Waals surface area contributed by atoms with Gasteiger partial charge in [0.1, 0.15) is 6.10 Å². The molecule has 1 atom stereocenters. The van der Waals surface area contributed by atoms with Crippen molar-refractivity contribution in [3.8, 4) is 11.5 Å². The maximum absolute atomic E-state index is 13.0. The highest BCUT2D eigenvalue weighted by Crippen LogP contribution is 2.29. The topological polar surface area (TPSA) is 51.2 Å². The van der Waals surface area contributed by atoms with Crippen molar-refractivity contribution in [2.75, 3.05) is 46.5 Å². The standard InChI is InChI=1S/C20H30N2O4/c1-3-17(21-12-14-25-15-13-21)20(23)22-10-8-16(9-11-22)26-19-7-5-4-6-18(19)24-2/h4-7,16-17H,3,8-15H2,1-2H3/t17-/m1/s1. The third kappa shape index (κ3) is 4.48. The lowest BCUT2D eigenvalue weighted by molar-refractivity contribution is -0.140. The zero-order chi connectivity index (χ0) is 18.4. The first-order valence-corrected chi connectivity index (χ1v) is 9.63. The second kappa shape index (κ2) is 9.24. The van der Waals surface area contributed by atoms with Crippen molar-refractivity contribution in [3.05, 3.63) is 24.3 Å². The molecule has 0 saturated carbocycles. The predicted molar refractivity (Wildman–Crippen MR) is 99.7 cm³/mol. The summed E-state index contributed by atoms with van der Waals surface area (Å²) in [6, 6.07) is 7.70. The minimum atomic E-state index is -0.0226. The molecule has 3 rings (SSSR count). The maximum Gasteiger partial charge on any atom is 0.239 e. The smallest absolute Gasteiger partial charge is 0.239 e. The lowest BCUT2D eigenvalue weighted by Crippen LogP contribution is -2.54. The minimum absolute atomic E-state index is 0.0226. The molecule has 2 saturated heterocycles. The van der Waals surface area contributed by atoms with Crippen molar-refractivity contribution in [1.82, 2.24) is 9.80 Å². The third-order valence-electron chi connectivity index (χ3n) is 5.27. The van der Waals surface area contributed by atoms with Crippen LogP contribution < -0.4 is 9.47 Å². The molecule has 2 heterocycles. The molecular formula is C20H30N2O4. The average molecular weight is 362 g/mol. The number of ether oxygens (including phenoxy) is 3. The van der Waals surface area contributed by atoms with Gasteiger partial charge in [-0.05, 0) is 18.6 Å². The molecule has 0 bridgehead atoms. The number of methoxy groups -OCH3 is 1. The molecule has 2 fully saturated rings. The van der Waals surface area contributed by atoms with Gasteiger partial charge in [0.25, 0.3) is 0 Å². The molecule has 2 aliphatic heterocycles. The Morgan fingerprint density at radius 3 is 2.42 bits per heavy atom. The van der Waals surface area contributed by atoms with E-state index in [4.69, 9.17) is 14.2 Å². The van der Waals surface area contributed by atoms with Crippen LogP contribution in [0.5, 0.6) is 11.5 Å². The Bertz CT molecular complexity index is 581. The summed E-state index contributed by atoms with van der Waals surface area (Å²) in [7, 11) is 1.65. The van der Waals surface area contributed by atoms with Crippen molar-refractivity contribution in [3.63, 3.8) is 0 Å². The number of hydrogen-bond acceptors (Lipinski definition) is 5. The third-order valence-corrected chi connectivity index (χ3v) is 5.27. The van der Waals surface area contributed by atoms with Gasteiger partial charge in [0.05, 0.1) is 26.4 Å². The van der Waals surface area contributed by atoms with Crippen LogP contribution in [-0.4, -0.2) is 74.4 Å². The molecule has 1 amide bonds. The van der Waals surface area contributed by atoms with E-state index in [0.717, 1.165) is 70.2 Å². The van der Waals surface area contributed by atoms with Crippen molar-refractivity contribution in [2.45, 2.75) is 38.3 Å². The van der Waals surface area contributed by atoms with Gasteiger partial charge in [-0.25, -0.2) is 0 Å². The summed E-state index contributed by atoms with van der Waals surface area (Å²) < 4.78 is 16.9. The summed E-state index contributed by atoms with van der Waals surface area (Å²) in [4.78, 5) is 17.2. The van der Waals surface area contributed by atoms with Crippen LogP contribution >= 0.6 is 0 Å². The lowest BCUT2D eigenvalue weighted by atomic mass is 10.0. The van der Waals surface area contributed by atoms with Crippen molar-refractivity contribution >= 4 is 5.91 Å². The molecule has 0 aliphatic carbocycles. The highest BCUT2D eigenvalue weighted by Gasteiger charge is 2.32. The first kappa shape index (κ1) is 19.0. The van der Waals surface area contributed by atoms with Crippen LogP contribution in [0.25, 0.3) is 0 Å². The fraction of sp³-hybridized carbons (Fsp3) is 0.650. The summed E-state index contributed by atoms with van der Waals surface area (Å²) in [6.45, 7) is 6.72. The second-order valence-electron chi connectivity index (χ2n) is 6.87. The Labute approximate surface area is 156 Å². The molecule has 0 unspecified atom stereocenters. The minimum Gasteiger partial charge on any atom is -0.493 e. The van der Waals surface area contributed by atoms with Gasteiger partial charge in [-0.2, -0.15) is 0 Å². The highest BCUT2D eigenvalue weighted by atomic mass is 16.5. The van der Waals surface area contributed by atoms with Gasteiger partial charge in [0, 0.05) is 39.0 Å². The van der Waals surface area contributed by atoms with E-state index < -0.39 is 0 Å². The van der Waals surface area contributed by atoms with Gasteiger partial charge in [-0.15, -0.1) is 0 Å². The molecule has 6 heteroatoms. The molecule has 26 heavy (non-hydrogen) atoms. The van der Waals surface area contributed by atoms with E-state index >= 15 is 0 Å². The van der Waals surface area contributed by atoms with E-state index in [-0.39, 0.29) is 18.1 Å². The van der Waals surface area contributed by atoms with Gasteiger partial charge in [0.15, 0.2) is 11.5 Å². The number of nitrogens with zero attached hydrogens (tertiary/aromatic N) is 2. The number of amides is 1. The SMILES string of the molecule is CC[C@H](C(=O)N1CCC(Oc2ccccc2OC)CC1)N1CCOCC1. The van der Waals surface area contributed by atoms with Crippen LogP contribution in [0.1, 0.15) is 26.2 Å². The number of morpholine rings is 1. The van der Waals surface area contributed by atoms with Gasteiger partial charge >= 0.3 is 0 Å². The number of carbonyl (C=O) groups is 1. The first-order chi connectivity index (χ1) is 12.7. The van der Waals surface area contributed by atoms with Crippen molar-refractivity contribution in [1.29, 1.82) is 0 Å². The van der Waals surface area contributed by atoms with Crippen LogP contribution in [0, 0.1) is 0 Å². The van der Waals surface area contributed by atoms with E-state index in [1.54, 1.807) is 7.11 Å². The molecule has 0 aromatic heterocycles. The van der Waals surface area contributed by atoms with E-state index in [9.17, 15) is 4.79 Å². The Hall–Kier alpha value is -1.79. The molecule has 144 valence electrons. The lowest BCUT2D eigenvalue weighted by Gasteiger charge is -2.38. The quantitative estimate of drug-likeness (QED) is 0.776. The molecule has 0 spiro atoms. The fourth-order valence-electron chi connectivity index (χ4n) is 3.78. The van der Waals surface area contributed by atoms with Crippen molar-refractivity contribution < 1.29 is 19.0 Å². The summed E-state index contributed by atoms with van der Waals surface area (Å²) >= 11 is 0. The Morgan fingerprint density at radius 1 is 1.15 bits per heavy atom. The van der Waals surface area contributed by atoms with Gasteiger partial charge < -0.3 is 19.1 Å². The summed E-state index contributed by atoms with van der Waals surface area (Å²) in [5.41, 5.74) is 0. The molecule has 1 aromatic rings. The fourth-order valence-corrected chi connectivity index (χ4v) is 3.78. The number of rotatable bonds is 6. The molecule has 2 aliphatic rings. The number of para-hydroxylation sites is 2. The zero-order valence-corrected chi connectivity index (χ0v) is 15.9. The summed E-state index contributed by atoms with van der Waals surface area (Å²) in [5.74, 6) is 1.79. The monoisotopic (exact) mass is 362 g/mol. The zero-order valence-electron chi connectivity index (χ0n) is 15.9. The Morgan fingerprint density at radius 2 is 1.81 bits per heavy atom. The van der Waals surface area contributed by atoms with Gasteiger partial charge in [0.2, 0.25) is 5.91 Å². The Kier molecular flexibility index (Phi) is 6.74. The number of likely N-dealkylation sites (tertiary alicyclic amines) is 1. The van der Waals surface area contributed by atoms with Crippen LogP contribution in [0.3, 0.4) is 0 Å². The number of benzene rings is 1. The molecule has 0 radical (unpaired) electrons. The molecular weight excluding hydrogens is 332 g/mol. The maximum atomic E-state index is 13.0.